The molecule has 6 rings (SSSR count). The molecule has 0 unspecified atom stereocenters. The van der Waals surface area contributed by atoms with E-state index in [1.807, 2.05) is 0 Å². The van der Waals surface area contributed by atoms with Crippen molar-refractivity contribution in [2.75, 3.05) is 0 Å². The second-order valence-corrected chi connectivity index (χ2v) is 14.2. The van der Waals surface area contributed by atoms with Crippen LogP contribution in [0.3, 0.4) is 0 Å². The van der Waals surface area contributed by atoms with Crippen molar-refractivity contribution in [2.45, 2.75) is 0 Å². The second-order valence-electron chi connectivity index (χ2n) is 9.85. The fourth-order valence-electron chi connectivity index (χ4n) is 5.14. The highest BCUT2D eigenvalue weighted by Gasteiger charge is 2.22. The molecule has 0 atom stereocenters. The lowest BCUT2D eigenvalue weighted by molar-refractivity contribution is 1.63. The molecule has 202 valence electrons. The third-order valence-electron chi connectivity index (χ3n) is 7.08. The largest absolute Gasteiger partial charge is 0.0622 e. The third kappa shape index (κ3) is 6.58. The van der Waals surface area contributed by atoms with Gasteiger partial charge in [-0.1, -0.05) is 194 Å². The lowest BCUT2D eigenvalue weighted by atomic mass is 10.2. The molecule has 0 aliphatic rings. The normalized spacial score (nSPS) is 12.0. The van der Waals surface area contributed by atoms with Gasteiger partial charge in [0, 0.05) is 0 Å². The highest BCUT2D eigenvalue weighted by molar-refractivity contribution is 7.82. The van der Waals surface area contributed by atoms with E-state index in [1.165, 1.54) is 43.0 Å². The summed E-state index contributed by atoms with van der Waals surface area (Å²) in [5.41, 5.74) is 2.51. The summed E-state index contributed by atoms with van der Waals surface area (Å²) < 4.78 is 0. The molecule has 0 heterocycles. The molecule has 2 heteroatoms. The van der Waals surface area contributed by atoms with Crippen molar-refractivity contribution in [1.29, 1.82) is 0 Å². The Bertz CT molecular complexity index is 1520. The van der Waals surface area contributed by atoms with E-state index in [-0.39, 0.29) is 0 Å². The highest BCUT2D eigenvalue weighted by Crippen LogP contribution is 2.52. The lowest BCUT2D eigenvalue weighted by Crippen LogP contribution is -2.13. The Morgan fingerprint density at radius 2 is 0.500 bits per heavy atom. The number of hydrogen-bond donors (Lipinski definition) is 0. The quantitative estimate of drug-likeness (QED) is 0.119. The van der Waals surface area contributed by atoms with E-state index in [4.69, 9.17) is 0 Å². The third-order valence-corrected chi connectivity index (χ3v) is 12.1. The highest BCUT2D eigenvalue weighted by atomic mass is 31.1. The molecule has 0 fully saturated rings. The molecule has 0 bridgehead atoms. The molecule has 0 spiro atoms. The smallest absolute Gasteiger partial charge is 0.00784 e. The first-order valence-corrected chi connectivity index (χ1v) is 16.9. The molecule has 0 radical (unpaired) electrons. The first kappa shape index (κ1) is 27.8. The zero-order chi connectivity index (χ0) is 28.4. The number of hydrogen-bond acceptors (Lipinski definition) is 0. The van der Waals surface area contributed by atoms with Crippen molar-refractivity contribution in [1.82, 2.24) is 0 Å². The van der Waals surface area contributed by atoms with Gasteiger partial charge in [0.1, 0.15) is 0 Å². The lowest BCUT2D eigenvalue weighted by Gasteiger charge is -2.24. The predicted octanol–water partition coefficient (Wildman–Crippen LogP) is 9.33. The van der Waals surface area contributed by atoms with E-state index >= 15 is 0 Å². The van der Waals surface area contributed by atoms with E-state index in [0.717, 1.165) is 0 Å². The molecule has 0 aliphatic carbocycles. The van der Waals surface area contributed by atoms with Crippen LogP contribution in [0.5, 0.6) is 0 Å². The minimum absolute atomic E-state index is 0.794. The molecule has 6 aromatic rings. The summed E-state index contributed by atoms with van der Waals surface area (Å²) in [5, 5.41) is 8.06. The summed E-state index contributed by atoms with van der Waals surface area (Å²) in [7, 11) is -1.59. The minimum atomic E-state index is -0.794. The maximum atomic E-state index is 2.41. The summed E-state index contributed by atoms with van der Waals surface area (Å²) in [6.07, 6.45) is 4.81. The van der Waals surface area contributed by atoms with Gasteiger partial charge in [0.15, 0.2) is 0 Å². The van der Waals surface area contributed by atoms with Crippen LogP contribution in [0.25, 0.3) is 10.6 Å². The van der Waals surface area contributed by atoms with E-state index in [2.05, 4.69) is 194 Å². The summed E-state index contributed by atoms with van der Waals surface area (Å²) >= 11 is 0. The Labute approximate surface area is 252 Å². The van der Waals surface area contributed by atoms with Crippen LogP contribution in [0.1, 0.15) is 11.1 Å². The van der Waals surface area contributed by atoms with Gasteiger partial charge in [0.05, 0.1) is 0 Å². The van der Waals surface area contributed by atoms with Crippen LogP contribution in [0.2, 0.25) is 0 Å². The summed E-state index contributed by atoms with van der Waals surface area (Å²) in [6.45, 7) is 0. The van der Waals surface area contributed by atoms with E-state index < -0.39 is 15.8 Å². The Kier molecular flexibility index (Phi) is 9.28. The fraction of sp³-hybridized carbons (Fsp3) is 0. The van der Waals surface area contributed by atoms with Crippen molar-refractivity contribution < 1.29 is 0 Å². The summed E-state index contributed by atoms with van der Waals surface area (Å²) in [6, 6.07) is 65.7. The Balaban J connectivity index is 1.61. The summed E-state index contributed by atoms with van der Waals surface area (Å²) in [5.74, 6) is 0. The first-order chi connectivity index (χ1) is 20.9. The topological polar surface area (TPSA) is 0 Å². The average molecular weight is 575 g/mol. The SMILES string of the molecule is C(/C=C(/c1ccccc1)P(c1ccccc1)c1ccccc1)=C(\c1ccccc1)P(c1ccccc1)c1ccccc1. The van der Waals surface area contributed by atoms with Crippen molar-refractivity contribution in [2.24, 2.45) is 0 Å². The van der Waals surface area contributed by atoms with Crippen LogP contribution in [0.15, 0.2) is 194 Å². The zero-order valence-electron chi connectivity index (χ0n) is 23.4. The standard InChI is InChI=1S/C40H32P2/c1-7-19-33(20-8-1)39(41(35-23-11-3-12-24-35)36-25-13-4-14-26-36)31-32-40(34-21-9-2-10-22-34)42(37-27-15-5-16-28-37)38-29-17-6-18-30-38/h1-32H/b39-31-,40-32-. The molecular formula is C40H32P2. The number of benzene rings is 6. The van der Waals surface area contributed by atoms with Crippen LogP contribution >= 0.6 is 15.8 Å². The van der Waals surface area contributed by atoms with Crippen molar-refractivity contribution in [3.8, 4) is 0 Å². The Morgan fingerprint density at radius 1 is 0.286 bits per heavy atom. The predicted molar refractivity (Wildman–Crippen MR) is 187 cm³/mol. The Morgan fingerprint density at radius 3 is 0.738 bits per heavy atom. The minimum Gasteiger partial charge on any atom is -0.0622 e. The first-order valence-electron chi connectivity index (χ1n) is 14.2. The van der Waals surface area contributed by atoms with E-state index in [9.17, 15) is 0 Å². The van der Waals surface area contributed by atoms with Gasteiger partial charge in [-0.3, -0.25) is 0 Å². The van der Waals surface area contributed by atoms with Gasteiger partial charge < -0.3 is 0 Å². The molecule has 0 N–H and O–H groups in total. The molecule has 0 saturated heterocycles. The molecular weight excluding hydrogens is 542 g/mol. The zero-order valence-corrected chi connectivity index (χ0v) is 25.2. The van der Waals surface area contributed by atoms with E-state index in [1.54, 1.807) is 0 Å². The molecule has 0 amide bonds. The van der Waals surface area contributed by atoms with E-state index in [0.29, 0.717) is 0 Å². The van der Waals surface area contributed by atoms with Crippen LogP contribution in [0, 0.1) is 0 Å². The maximum Gasteiger partial charge on any atom is -0.00784 e. The van der Waals surface area contributed by atoms with Crippen molar-refractivity contribution in [3.05, 3.63) is 205 Å². The van der Waals surface area contributed by atoms with Crippen LogP contribution in [-0.2, 0) is 0 Å². The molecule has 42 heavy (non-hydrogen) atoms. The molecule has 0 aliphatic heterocycles. The number of rotatable bonds is 9. The van der Waals surface area contributed by atoms with Gasteiger partial charge in [-0.15, -0.1) is 0 Å². The fourth-order valence-corrected chi connectivity index (χ4v) is 9.99. The van der Waals surface area contributed by atoms with Gasteiger partial charge in [-0.05, 0) is 58.8 Å². The second kappa shape index (κ2) is 14.0. The molecule has 6 aromatic carbocycles. The molecule has 0 saturated carbocycles. The van der Waals surface area contributed by atoms with Crippen molar-refractivity contribution >= 4 is 47.7 Å². The van der Waals surface area contributed by atoms with Gasteiger partial charge >= 0.3 is 0 Å². The maximum absolute atomic E-state index is 2.41. The van der Waals surface area contributed by atoms with Gasteiger partial charge in [-0.2, -0.15) is 0 Å². The average Bonchev–Trinajstić information content (AvgIpc) is 3.08. The monoisotopic (exact) mass is 574 g/mol. The molecule has 0 aromatic heterocycles. The Hall–Kier alpha value is -4.34. The van der Waals surface area contributed by atoms with Gasteiger partial charge in [0.25, 0.3) is 0 Å². The number of allylic oxidation sites excluding steroid dienone is 2. The van der Waals surface area contributed by atoms with Gasteiger partial charge in [-0.25, -0.2) is 0 Å². The van der Waals surface area contributed by atoms with Crippen LogP contribution in [0.4, 0.5) is 0 Å². The van der Waals surface area contributed by atoms with Crippen molar-refractivity contribution in [3.63, 3.8) is 0 Å². The van der Waals surface area contributed by atoms with Gasteiger partial charge in [0.2, 0.25) is 0 Å². The molecule has 0 nitrogen and oxygen atoms in total. The summed E-state index contributed by atoms with van der Waals surface area (Å²) in [4.78, 5) is 0. The van der Waals surface area contributed by atoms with Crippen LogP contribution < -0.4 is 21.2 Å². The van der Waals surface area contributed by atoms with Crippen LogP contribution in [-0.4, -0.2) is 0 Å².